The molecule has 0 saturated carbocycles. The zero-order valence-corrected chi connectivity index (χ0v) is 11.5. The van der Waals surface area contributed by atoms with E-state index in [2.05, 4.69) is 32.2 Å². The second kappa shape index (κ2) is 5.77. The fourth-order valence-corrected chi connectivity index (χ4v) is 2.52. The second-order valence-corrected chi connectivity index (χ2v) is 4.65. The standard InChI is InChI=1S/C12H15N5S/c1-4-9-10(13-3)15-7-16-11(9)18-12-14-6-5-8(2)17-12/h5-7H,4H2,1-3H3,(H,13,15,16). The molecule has 2 heterocycles. The molecule has 5 nitrogen and oxygen atoms in total. The Kier molecular flexibility index (Phi) is 4.09. The van der Waals surface area contributed by atoms with E-state index in [1.165, 1.54) is 11.8 Å². The van der Waals surface area contributed by atoms with E-state index >= 15 is 0 Å². The monoisotopic (exact) mass is 261 g/mol. The van der Waals surface area contributed by atoms with Gasteiger partial charge in [-0.05, 0) is 31.2 Å². The number of nitrogens with one attached hydrogen (secondary N) is 1. The molecule has 0 aliphatic rings. The molecule has 1 N–H and O–H groups in total. The van der Waals surface area contributed by atoms with Gasteiger partial charge in [-0.2, -0.15) is 0 Å². The average molecular weight is 261 g/mol. The summed E-state index contributed by atoms with van der Waals surface area (Å²) in [5.41, 5.74) is 2.04. The van der Waals surface area contributed by atoms with E-state index in [9.17, 15) is 0 Å². The van der Waals surface area contributed by atoms with Crippen molar-refractivity contribution >= 4 is 17.6 Å². The molecule has 0 aromatic carbocycles. The van der Waals surface area contributed by atoms with Crippen molar-refractivity contribution in [2.45, 2.75) is 30.5 Å². The molecule has 2 rings (SSSR count). The van der Waals surface area contributed by atoms with Crippen LogP contribution in [0.3, 0.4) is 0 Å². The fraction of sp³-hybridized carbons (Fsp3) is 0.333. The highest BCUT2D eigenvalue weighted by molar-refractivity contribution is 7.99. The van der Waals surface area contributed by atoms with Crippen LogP contribution in [-0.2, 0) is 6.42 Å². The highest BCUT2D eigenvalue weighted by atomic mass is 32.2. The van der Waals surface area contributed by atoms with Gasteiger partial charge in [-0.15, -0.1) is 0 Å². The van der Waals surface area contributed by atoms with Gasteiger partial charge in [0.25, 0.3) is 0 Å². The van der Waals surface area contributed by atoms with Gasteiger partial charge in [0.05, 0.1) is 0 Å². The first kappa shape index (κ1) is 12.8. The molecular formula is C12H15N5S. The minimum atomic E-state index is 0.713. The molecule has 0 amide bonds. The summed E-state index contributed by atoms with van der Waals surface area (Å²) >= 11 is 1.47. The molecule has 0 bridgehead atoms. The normalized spacial score (nSPS) is 10.4. The van der Waals surface area contributed by atoms with Gasteiger partial charge in [0.15, 0.2) is 5.16 Å². The topological polar surface area (TPSA) is 63.6 Å². The van der Waals surface area contributed by atoms with Crippen LogP contribution in [0.5, 0.6) is 0 Å². The molecule has 2 aromatic rings. The molecule has 0 aliphatic heterocycles. The molecular weight excluding hydrogens is 246 g/mol. The number of hydrogen-bond acceptors (Lipinski definition) is 6. The zero-order valence-electron chi connectivity index (χ0n) is 10.6. The number of anilines is 1. The van der Waals surface area contributed by atoms with Crippen molar-refractivity contribution in [3.8, 4) is 0 Å². The van der Waals surface area contributed by atoms with Crippen molar-refractivity contribution in [3.63, 3.8) is 0 Å². The predicted molar refractivity (Wildman–Crippen MR) is 71.8 cm³/mol. The van der Waals surface area contributed by atoms with Crippen molar-refractivity contribution in [1.29, 1.82) is 0 Å². The summed E-state index contributed by atoms with van der Waals surface area (Å²) in [4.78, 5) is 17.1. The average Bonchev–Trinajstić information content (AvgIpc) is 2.38. The van der Waals surface area contributed by atoms with Crippen LogP contribution in [0, 0.1) is 6.92 Å². The minimum Gasteiger partial charge on any atom is -0.373 e. The first-order valence-corrected chi connectivity index (χ1v) is 6.55. The van der Waals surface area contributed by atoms with Crippen LogP contribution in [0.1, 0.15) is 18.2 Å². The quantitative estimate of drug-likeness (QED) is 0.673. The van der Waals surface area contributed by atoms with Gasteiger partial charge in [-0.25, -0.2) is 19.9 Å². The maximum atomic E-state index is 4.37. The molecule has 0 unspecified atom stereocenters. The van der Waals surface area contributed by atoms with Gasteiger partial charge in [-0.3, -0.25) is 0 Å². The first-order valence-electron chi connectivity index (χ1n) is 5.73. The lowest BCUT2D eigenvalue weighted by molar-refractivity contribution is 0.908. The Hall–Kier alpha value is -1.69. The SMILES string of the molecule is CCc1c(NC)ncnc1Sc1nccc(C)n1. The van der Waals surface area contributed by atoms with Crippen molar-refractivity contribution in [2.75, 3.05) is 12.4 Å². The van der Waals surface area contributed by atoms with Gasteiger partial charge in [0.1, 0.15) is 17.2 Å². The molecule has 0 aliphatic carbocycles. The van der Waals surface area contributed by atoms with Gasteiger partial charge in [0, 0.05) is 24.5 Å². The maximum Gasteiger partial charge on any atom is 0.194 e. The van der Waals surface area contributed by atoms with E-state index < -0.39 is 0 Å². The van der Waals surface area contributed by atoms with Crippen LogP contribution >= 0.6 is 11.8 Å². The van der Waals surface area contributed by atoms with E-state index in [-0.39, 0.29) is 0 Å². The molecule has 0 spiro atoms. The van der Waals surface area contributed by atoms with Gasteiger partial charge < -0.3 is 5.32 Å². The van der Waals surface area contributed by atoms with Crippen LogP contribution in [0.4, 0.5) is 5.82 Å². The van der Waals surface area contributed by atoms with Crippen molar-refractivity contribution in [1.82, 2.24) is 19.9 Å². The Morgan fingerprint density at radius 3 is 2.78 bits per heavy atom. The van der Waals surface area contributed by atoms with Crippen molar-refractivity contribution < 1.29 is 0 Å². The summed E-state index contributed by atoms with van der Waals surface area (Å²) < 4.78 is 0. The summed E-state index contributed by atoms with van der Waals surface area (Å²) in [7, 11) is 1.86. The molecule has 94 valence electrons. The number of nitrogens with zero attached hydrogens (tertiary/aromatic N) is 4. The fourth-order valence-electron chi connectivity index (χ4n) is 1.58. The molecule has 0 radical (unpaired) electrons. The van der Waals surface area contributed by atoms with Crippen LogP contribution in [0.2, 0.25) is 0 Å². The smallest absolute Gasteiger partial charge is 0.194 e. The molecule has 0 fully saturated rings. The number of aromatic nitrogens is 4. The molecule has 0 saturated heterocycles. The zero-order chi connectivity index (χ0) is 13.0. The Morgan fingerprint density at radius 1 is 1.28 bits per heavy atom. The number of aryl methyl sites for hydroxylation is 1. The van der Waals surface area contributed by atoms with Gasteiger partial charge in [-0.1, -0.05) is 6.92 Å². The lowest BCUT2D eigenvalue weighted by Crippen LogP contribution is -2.02. The van der Waals surface area contributed by atoms with Gasteiger partial charge >= 0.3 is 0 Å². The van der Waals surface area contributed by atoms with E-state index in [0.717, 1.165) is 28.5 Å². The summed E-state index contributed by atoms with van der Waals surface area (Å²) in [5.74, 6) is 0.864. The Bertz CT molecular complexity index is 544. The highest BCUT2D eigenvalue weighted by Gasteiger charge is 2.11. The largest absolute Gasteiger partial charge is 0.373 e. The maximum absolute atomic E-state index is 4.37. The van der Waals surface area contributed by atoms with E-state index in [1.807, 2.05) is 20.0 Å². The number of hydrogen-bond donors (Lipinski definition) is 1. The predicted octanol–water partition coefficient (Wildman–Crippen LogP) is 2.33. The highest BCUT2D eigenvalue weighted by Crippen LogP contribution is 2.29. The van der Waals surface area contributed by atoms with E-state index in [0.29, 0.717) is 5.16 Å². The first-order chi connectivity index (χ1) is 8.74. The van der Waals surface area contributed by atoms with Gasteiger partial charge in [0.2, 0.25) is 0 Å². The van der Waals surface area contributed by atoms with Crippen LogP contribution in [0.25, 0.3) is 0 Å². The third kappa shape index (κ3) is 2.76. The lowest BCUT2D eigenvalue weighted by atomic mass is 10.2. The molecule has 2 aromatic heterocycles. The molecule has 18 heavy (non-hydrogen) atoms. The second-order valence-electron chi connectivity index (χ2n) is 3.69. The Balaban J connectivity index is 2.34. The summed E-state index contributed by atoms with van der Waals surface area (Å²) in [6, 6.07) is 1.88. The molecule has 0 atom stereocenters. The Morgan fingerprint density at radius 2 is 2.11 bits per heavy atom. The van der Waals surface area contributed by atoms with Crippen LogP contribution in [-0.4, -0.2) is 27.0 Å². The van der Waals surface area contributed by atoms with E-state index in [4.69, 9.17) is 0 Å². The van der Waals surface area contributed by atoms with Crippen LogP contribution < -0.4 is 5.32 Å². The van der Waals surface area contributed by atoms with Crippen LogP contribution in [0.15, 0.2) is 28.8 Å². The third-order valence-corrected chi connectivity index (χ3v) is 3.38. The third-order valence-electron chi connectivity index (χ3n) is 2.46. The van der Waals surface area contributed by atoms with Crippen molar-refractivity contribution in [3.05, 3.63) is 29.8 Å². The summed E-state index contributed by atoms with van der Waals surface area (Å²) in [6.45, 7) is 4.03. The summed E-state index contributed by atoms with van der Waals surface area (Å²) in [6.07, 6.45) is 4.19. The summed E-state index contributed by atoms with van der Waals surface area (Å²) in [5, 5.41) is 4.70. The molecule has 6 heteroatoms. The number of rotatable bonds is 4. The van der Waals surface area contributed by atoms with Crippen molar-refractivity contribution in [2.24, 2.45) is 0 Å². The Labute approximate surface area is 110 Å². The minimum absolute atomic E-state index is 0.713. The van der Waals surface area contributed by atoms with E-state index in [1.54, 1.807) is 12.5 Å². The lowest BCUT2D eigenvalue weighted by Gasteiger charge is -2.09.